The van der Waals surface area contributed by atoms with Crippen LogP contribution in [0.2, 0.25) is 10.0 Å². The van der Waals surface area contributed by atoms with Gasteiger partial charge in [0, 0.05) is 37.1 Å². The third-order valence-electron chi connectivity index (χ3n) is 7.37. The number of rotatable bonds is 15. The third-order valence-corrected chi connectivity index (χ3v) is 8.00. The normalized spacial score (nSPS) is 12.5. The Labute approximate surface area is 300 Å². The summed E-state index contributed by atoms with van der Waals surface area (Å²) in [6.45, 7) is 0. The molecule has 0 saturated carbocycles. The van der Waals surface area contributed by atoms with Gasteiger partial charge in [0.2, 0.25) is 23.6 Å². The van der Waals surface area contributed by atoms with Crippen LogP contribution in [0.4, 0.5) is 22.7 Å². The van der Waals surface area contributed by atoms with Crippen LogP contribution in [0.5, 0.6) is 0 Å². The van der Waals surface area contributed by atoms with E-state index in [1.807, 2.05) is 0 Å². The van der Waals surface area contributed by atoms with Crippen molar-refractivity contribution in [1.29, 1.82) is 0 Å². The molecule has 0 heterocycles. The molecule has 0 radical (unpaired) electrons. The maximum atomic E-state index is 13.3. The lowest BCUT2D eigenvalue weighted by atomic mass is 10.0. The average Bonchev–Trinajstić information content (AvgIpc) is 3.10. The molecule has 4 aromatic carbocycles. The SMILES string of the molecule is O=C(C[C@H](O)C(=O)N[C@@H](Cc1ccccc1)C(=O)Nc1ccc([N+](=O)[O-])cc1Cl)N[C@@H](Cc1ccccc1)C(=O)Nc1ccc([N+](=O)[O-])cc1Cl. The van der Waals surface area contributed by atoms with Gasteiger partial charge >= 0.3 is 0 Å². The fourth-order valence-electron chi connectivity index (χ4n) is 4.79. The average molecular weight is 738 g/mol. The van der Waals surface area contributed by atoms with Crippen LogP contribution in [0, 0.1) is 20.2 Å². The van der Waals surface area contributed by atoms with Crippen LogP contribution in [0.3, 0.4) is 0 Å². The molecule has 4 amide bonds. The van der Waals surface area contributed by atoms with Crippen LogP contribution in [0.15, 0.2) is 97.1 Å². The van der Waals surface area contributed by atoms with E-state index in [9.17, 15) is 44.5 Å². The second-order valence-electron chi connectivity index (χ2n) is 11.1. The van der Waals surface area contributed by atoms with Crippen LogP contribution < -0.4 is 21.3 Å². The summed E-state index contributed by atoms with van der Waals surface area (Å²) in [5.41, 5.74) is 0.802. The van der Waals surface area contributed by atoms with Crippen molar-refractivity contribution in [3.63, 3.8) is 0 Å². The summed E-state index contributed by atoms with van der Waals surface area (Å²) in [5.74, 6) is -3.45. The molecule has 0 aromatic heterocycles. The lowest BCUT2D eigenvalue weighted by molar-refractivity contribution is -0.385. The molecule has 0 aliphatic rings. The van der Waals surface area contributed by atoms with Crippen molar-refractivity contribution in [3.8, 4) is 0 Å². The monoisotopic (exact) mass is 736 g/mol. The molecule has 0 fully saturated rings. The van der Waals surface area contributed by atoms with Gasteiger partial charge in [0.25, 0.3) is 11.4 Å². The topological polar surface area (TPSA) is 223 Å². The Balaban J connectivity index is 1.45. The molecular weight excluding hydrogens is 707 g/mol. The first kappa shape index (κ1) is 37.9. The number of hydrogen-bond acceptors (Lipinski definition) is 9. The lowest BCUT2D eigenvalue weighted by Gasteiger charge is -2.22. The summed E-state index contributed by atoms with van der Waals surface area (Å²) in [6.07, 6.45) is -2.79. The minimum absolute atomic E-state index is 0.00414. The van der Waals surface area contributed by atoms with E-state index in [4.69, 9.17) is 23.2 Å². The molecule has 5 N–H and O–H groups in total. The second kappa shape index (κ2) is 17.7. The van der Waals surface area contributed by atoms with E-state index < -0.39 is 58.1 Å². The number of amides is 4. The molecule has 0 aliphatic carbocycles. The number of aliphatic hydroxyl groups is 1. The maximum Gasteiger partial charge on any atom is 0.271 e. The Morgan fingerprint density at radius 1 is 0.627 bits per heavy atom. The molecule has 15 nitrogen and oxygen atoms in total. The minimum Gasteiger partial charge on any atom is -0.383 e. The number of benzene rings is 4. The highest BCUT2D eigenvalue weighted by Crippen LogP contribution is 2.28. The van der Waals surface area contributed by atoms with Gasteiger partial charge < -0.3 is 26.4 Å². The van der Waals surface area contributed by atoms with Gasteiger partial charge in [-0.15, -0.1) is 0 Å². The first-order chi connectivity index (χ1) is 24.3. The smallest absolute Gasteiger partial charge is 0.271 e. The molecule has 3 atom stereocenters. The number of halogens is 2. The van der Waals surface area contributed by atoms with Crippen LogP contribution in [-0.2, 0) is 32.0 Å². The second-order valence-corrected chi connectivity index (χ2v) is 11.9. The van der Waals surface area contributed by atoms with Crippen LogP contribution in [-0.4, -0.2) is 56.8 Å². The number of non-ortho nitro benzene ring substituents is 2. The van der Waals surface area contributed by atoms with Crippen molar-refractivity contribution in [2.75, 3.05) is 10.6 Å². The Morgan fingerprint density at radius 3 is 1.43 bits per heavy atom. The van der Waals surface area contributed by atoms with Gasteiger partial charge in [-0.2, -0.15) is 0 Å². The molecule has 17 heteroatoms. The molecule has 0 spiro atoms. The number of anilines is 2. The highest BCUT2D eigenvalue weighted by Gasteiger charge is 2.29. The highest BCUT2D eigenvalue weighted by atomic mass is 35.5. The Bertz CT molecular complexity index is 1930. The fraction of sp³-hybridized carbons (Fsp3) is 0.176. The van der Waals surface area contributed by atoms with Gasteiger partial charge in [-0.25, -0.2) is 0 Å². The lowest BCUT2D eigenvalue weighted by Crippen LogP contribution is -2.50. The molecule has 0 saturated heterocycles. The predicted octanol–water partition coefficient (Wildman–Crippen LogP) is 4.59. The number of nitro benzene ring substituents is 2. The maximum absolute atomic E-state index is 13.3. The zero-order valence-electron chi connectivity index (χ0n) is 26.5. The number of aliphatic hydroxyl groups excluding tert-OH is 1. The summed E-state index contributed by atoms with van der Waals surface area (Å²) in [7, 11) is 0. The Hall–Kier alpha value is -5.90. The molecule has 51 heavy (non-hydrogen) atoms. The van der Waals surface area contributed by atoms with Crippen molar-refractivity contribution in [2.45, 2.75) is 37.5 Å². The molecule has 4 rings (SSSR count). The van der Waals surface area contributed by atoms with Crippen molar-refractivity contribution in [1.82, 2.24) is 10.6 Å². The zero-order valence-corrected chi connectivity index (χ0v) is 28.0. The number of nitrogens with zero attached hydrogens (tertiary/aromatic N) is 2. The first-order valence-corrected chi connectivity index (χ1v) is 15.9. The third kappa shape index (κ3) is 11.1. The van der Waals surface area contributed by atoms with Gasteiger partial charge in [-0.05, 0) is 23.3 Å². The van der Waals surface area contributed by atoms with Gasteiger partial charge in [-0.3, -0.25) is 39.4 Å². The number of nitro groups is 2. The summed E-state index contributed by atoms with van der Waals surface area (Å²) in [6, 6.07) is 21.6. The summed E-state index contributed by atoms with van der Waals surface area (Å²) >= 11 is 12.3. The van der Waals surface area contributed by atoms with Crippen LogP contribution in [0.1, 0.15) is 17.5 Å². The van der Waals surface area contributed by atoms with Crippen molar-refractivity contribution < 1.29 is 34.1 Å². The van der Waals surface area contributed by atoms with E-state index in [0.717, 1.165) is 24.3 Å². The van der Waals surface area contributed by atoms with Crippen LogP contribution >= 0.6 is 23.2 Å². The summed E-state index contributed by atoms with van der Waals surface area (Å²) in [5, 5.41) is 42.6. The predicted molar refractivity (Wildman–Crippen MR) is 188 cm³/mol. The molecule has 4 aromatic rings. The van der Waals surface area contributed by atoms with E-state index in [-0.39, 0.29) is 45.6 Å². The van der Waals surface area contributed by atoms with E-state index in [0.29, 0.717) is 11.1 Å². The quantitative estimate of drug-likeness (QED) is 0.0849. The van der Waals surface area contributed by atoms with Crippen molar-refractivity contribution >= 4 is 69.6 Å². The summed E-state index contributed by atoms with van der Waals surface area (Å²) < 4.78 is 0. The Morgan fingerprint density at radius 2 is 1.04 bits per heavy atom. The molecule has 0 aliphatic heterocycles. The molecule has 264 valence electrons. The van der Waals surface area contributed by atoms with Crippen molar-refractivity contribution in [3.05, 3.63) is 138 Å². The fourth-order valence-corrected chi connectivity index (χ4v) is 5.23. The van der Waals surface area contributed by atoms with Gasteiger partial charge in [-0.1, -0.05) is 83.9 Å². The van der Waals surface area contributed by atoms with E-state index in [2.05, 4.69) is 21.3 Å². The summed E-state index contributed by atoms with van der Waals surface area (Å²) in [4.78, 5) is 73.7. The zero-order chi connectivity index (χ0) is 37.1. The van der Waals surface area contributed by atoms with Gasteiger partial charge in [0.05, 0.1) is 37.7 Å². The Kier molecular flexibility index (Phi) is 13.1. The number of hydrogen-bond donors (Lipinski definition) is 5. The van der Waals surface area contributed by atoms with Crippen molar-refractivity contribution in [2.24, 2.45) is 0 Å². The van der Waals surface area contributed by atoms with E-state index in [1.165, 1.54) is 12.1 Å². The first-order valence-electron chi connectivity index (χ1n) is 15.2. The van der Waals surface area contributed by atoms with Gasteiger partial charge in [0.15, 0.2) is 0 Å². The van der Waals surface area contributed by atoms with Crippen LogP contribution in [0.25, 0.3) is 0 Å². The van der Waals surface area contributed by atoms with Gasteiger partial charge in [0.1, 0.15) is 18.2 Å². The molecule has 0 unspecified atom stereocenters. The molecular formula is C34H30Cl2N6O9. The van der Waals surface area contributed by atoms with E-state index >= 15 is 0 Å². The number of nitrogens with one attached hydrogen (secondary N) is 4. The number of carbonyl (C=O) groups is 4. The molecule has 0 bridgehead atoms. The number of carbonyl (C=O) groups excluding carboxylic acids is 4. The highest BCUT2D eigenvalue weighted by molar-refractivity contribution is 6.34. The minimum atomic E-state index is -1.96. The standard InChI is InChI=1S/C34H30Cl2N6O9/c35-24-17-22(41(48)49)11-13-26(24)38-32(45)28(15-20-7-3-1-4-8-20)37-31(44)19-30(43)34(47)40-29(16-21-9-5-2-6-10-21)33(46)39-27-14-12-23(42(50)51)18-25(27)36/h1-14,17-18,28-30,43H,15-16,19H2,(H,37,44)(H,38,45)(H,39,46)(H,40,47)/t28-,29-,30-/m0/s1. The van der Waals surface area contributed by atoms with E-state index in [1.54, 1.807) is 60.7 Å². The largest absolute Gasteiger partial charge is 0.383 e.